The monoisotopic (exact) mass is 267 g/mol. The summed E-state index contributed by atoms with van der Waals surface area (Å²) < 4.78 is 1.03. The quantitative estimate of drug-likeness (QED) is 0.766. The summed E-state index contributed by atoms with van der Waals surface area (Å²) in [5.74, 6) is 0.187. The number of anilines is 1. The Morgan fingerprint density at radius 2 is 2.13 bits per heavy atom. The van der Waals surface area contributed by atoms with Crippen LogP contribution in [0.2, 0.25) is 0 Å². The molecule has 0 spiro atoms. The molecule has 3 heteroatoms. The molecule has 1 aliphatic rings. The Morgan fingerprint density at radius 3 is 2.73 bits per heavy atom. The summed E-state index contributed by atoms with van der Waals surface area (Å²) in [6.45, 7) is 4.07. The smallest absolute Gasteiger partial charge is 0.237 e. The maximum Gasteiger partial charge on any atom is 0.237 e. The normalized spacial score (nSPS) is 24.5. The highest BCUT2D eigenvalue weighted by molar-refractivity contribution is 9.10. The van der Waals surface area contributed by atoms with Crippen LogP contribution in [-0.2, 0) is 10.2 Å². The van der Waals surface area contributed by atoms with Gasteiger partial charge in [0.05, 0.1) is 5.41 Å². The van der Waals surface area contributed by atoms with E-state index in [-0.39, 0.29) is 11.3 Å². The lowest BCUT2D eigenvalue weighted by Crippen LogP contribution is -2.35. The highest BCUT2D eigenvalue weighted by Crippen LogP contribution is 2.46. The van der Waals surface area contributed by atoms with Gasteiger partial charge in [-0.25, -0.2) is 0 Å². The Balaban J connectivity index is 2.73. The van der Waals surface area contributed by atoms with Crippen molar-refractivity contribution in [3.8, 4) is 0 Å². The second kappa shape index (κ2) is 3.34. The molecule has 1 atom stereocenters. The second-order valence-electron chi connectivity index (χ2n) is 4.18. The van der Waals surface area contributed by atoms with Crippen molar-refractivity contribution in [1.82, 2.24) is 0 Å². The van der Waals surface area contributed by atoms with Crippen LogP contribution in [0.5, 0.6) is 0 Å². The first-order valence-corrected chi connectivity index (χ1v) is 5.89. The number of amides is 1. The first kappa shape index (κ1) is 10.7. The number of nitrogens with zero attached hydrogens (tertiary/aromatic N) is 1. The largest absolute Gasteiger partial charge is 0.314 e. The summed E-state index contributed by atoms with van der Waals surface area (Å²) in [7, 11) is 1.84. The number of hydrogen-bond donors (Lipinski definition) is 0. The van der Waals surface area contributed by atoms with Crippen LogP contribution in [0.1, 0.15) is 25.8 Å². The average Bonchev–Trinajstić information content (AvgIpc) is 2.43. The lowest BCUT2D eigenvalue weighted by Gasteiger charge is -2.21. The lowest BCUT2D eigenvalue weighted by atomic mass is 9.81. The molecule has 0 aromatic heterocycles. The zero-order valence-corrected chi connectivity index (χ0v) is 10.8. The van der Waals surface area contributed by atoms with E-state index in [1.165, 1.54) is 0 Å². The molecular formula is C12H14BrNO. The molecule has 0 radical (unpaired) electrons. The van der Waals surface area contributed by atoms with Crippen LogP contribution < -0.4 is 4.90 Å². The molecule has 0 N–H and O–H groups in total. The number of carbonyl (C=O) groups is 1. The highest BCUT2D eigenvalue weighted by Gasteiger charge is 2.45. The maximum atomic E-state index is 12.2. The van der Waals surface area contributed by atoms with Crippen LogP contribution in [0.3, 0.4) is 0 Å². The molecule has 1 aliphatic heterocycles. The summed E-state index contributed by atoms with van der Waals surface area (Å²) >= 11 is 3.54. The van der Waals surface area contributed by atoms with E-state index in [2.05, 4.69) is 22.9 Å². The van der Waals surface area contributed by atoms with Crippen molar-refractivity contribution in [2.24, 2.45) is 0 Å². The van der Waals surface area contributed by atoms with E-state index < -0.39 is 0 Å². The zero-order valence-electron chi connectivity index (χ0n) is 9.17. The third-order valence-electron chi connectivity index (χ3n) is 3.39. The van der Waals surface area contributed by atoms with Gasteiger partial charge >= 0.3 is 0 Å². The molecule has 15 heavy (non-hydrogen) atoms. The van der Waals surface area contributed by atoms with Crippen molar-refractivity contribution in [3.63, 3.8) is 0 Å². The van der Waals surface area contributed by atoms with Crippen molar-refractivity contribution in [2.45, 2.75) is 25.7 Å². The number of likely N-dealkylation sites (N-methyl/N-ethyl adjacent to an activating group) is 1. The molecule has 0 fully saturated rings. The Bertz CT molecular complexity index is 430. The van der Waals surface area contributed by atoms with Crippen LogP contribution >= 0.6 is 15.9 Å². The molecular weight excluding hydrogens is 254 g/mol. The average molecular weight is 268 g/mol. The molecule has 0 unspecified atom stereocenters. The zero-order chi connectivity index (χ0) is 11.2. The molecule has 0 bridgehead atoms. The van der Waals surface area contributed by atoms with E-state index >= 15 is 0 Å². The first-order chi connectivity index (χ1) is 7.02. The van der Waals surface area contributed by atoms with Crippen LogP contribution in [0, 0.1) is 0 Å². The fraction of sp³-hybridized carbons (Fsp3) is 0.417. The summed E-state index contributed by atoms with van der Waals surface area (Å²) in [6, 6.07) is 5.96. The fourth-order valence-corrected chi connectivity index (χ4v) is 3.05. The minimum Gasteiger partial charge on any atom is -0.314 e. The van der Waals surface area contributed by atoms with Crippen LogP contribution in [0.15, 0.2) is 22.7 Å². The van der Waals surface area contributed by atoms with Gasteiger partial charge in [-0.1, -0.05) is 28.9 Å². The number of benzene rings is 1. The van der Waals surface area contributed by atoms with E-state index in [4.69, 9.17) is 0 Å². The summed E-state index contributed by atoms with van der Waals surface area (Å²) in [5, 5.41) is 0. The van der Waals surface area contributed by atoms with Gasteiger partial charge in [-0.15, -0.1) is 0 Å². The van der Waals surface area contributed by atoms with Gasteiger partial charge in [0.2, 0.25) is 5.91 Å². The molecule has 0 saturated carbocycles. The molecule has 1 aromatic carbocycles. The summed E-state index contributed by atoms with van der Waals surface area (Å²) in [5.41, 5.74) is 1.78. The van der Waals surface area contributed by atoms with Crippen molar-refractivity contribution in [1.29, 1.82) is 0 Å². The van der Waals surface area contributed by atoms with Gasteiger partial charge in [-0.05, 0) is 25.5 Å². The van der Waals surface area contributed by atoms with Gasteiger partial charge in [-0.3, -0.25) is 4.79 Å². The van der Waals surface area contributed by atoms with E-state index in [9.17, 15) is 4.79 Å². The molecule has 1 aromatic rings. The minimum atomic E-state index is -0.371. The number of fused-ring (bicyclic) bond motifs is 1. The number of hydrogen-bond acceptors (Lipinski definition) is 1. The predicted molar refractivity (Wildman–Crippen MR) is 65.2 cm³/mol. The number of carbonyl (C=O) groups excluding carboxylic acids is 1. The molecule has 1 amide bonds. The van der Waals surface area contributed by atoms with E-state index in [0.29, 0.717) is 0 Å². The maximum absolute atomic E-state index is 12.2. The summed E-state index contributed by atoms with van der Waals surface area (Å²) in [6.07, 6.45) is 0.825. The third kappa shape index (κ3) is 1.26. The molecule has 0 saturated heterocycles. The molecule has 1 heterocycles. The highest BCUT2D eigenvalue weighted by atomic mass is 79.9. The molecule has 2 rings (SSSR count). The Morgan fingerprint density at radius 1 is 1.47 bits per heavy atom. The van der Waals surface area contributed by atoms with Gasteiger partial charge in [0.25, 0.3) is 0 Å². The first-order valence-electron chi connectivity index (χ1n) is 5.09. The third-order valence-corrected chi connectivity index (χ3v) is 4.05. The van der Waals surface area contributed by atoms with Crippen molar-refractivity contribution in [3.05, 3.63) is 28.2 Å². The minimum absolute atomic E-state index is 0.187. The van der Waals surface area contributed by atoms with Gasteiger partial charge < -0.3 is 4.90 Å². The SMILES string of the molecule is CC[C@@]1(C)C(=O)N(C)c2cccc(Br)c21. The van der Waals surface area contributed by atoms with E-state index in [0.717, 1.165) is 22.1 Å². The molecule has 0 aliphatic carbocycles. The van der Waals surface area contributed by atoms with E-state index in [1.807, 2.05) is 32.2 Å². The second-order valence-corrected chi connectivity index (χ2v) is 5.04. The van der Waals surface area contributed by atoms with Crippen molar-refractivity contribution >= 4 is 27.5 Å². The predicted octanol–water partition coefficient (Wildman–Crippen LogP) is 3.09. The summed E-state index contributed by atoms with van der Waals surface area (Å²) in [4.78, 5) is 13.9. The lowest BCUT2D eigenvalue weighted by molar-refractivity contribution is -0.122. The van der Waals surface area contributed by atoms with Crippen molar-refractivity contribution in [2.75, 3.05) is 11.9 Å². The van der Waals surface area contributed by atoms with Crippen LogP contribution in [0.4, 0.5) is 5.69 Å². The Kier molecular flexibility index (Phi) is 2.38. The van der Waals surface area contributed by atoms with Crippen LogP contribution in [-0.4, -0.2) is 13.0 Å². The topological polar surface area (TPSA) is 20.3 Å². The van der Waals surface area contributed by atoms with Gasteiger partial charge in [0.15, 0.2) is 0 Å². The number of halogens is 1. The van der Waals surface area contributed by atoms with E-state index in [1.54, 1.807) is 4.90 Å². The van der Waals surface area contributed by atoms with Crippen molar-refractivity contribution < 1.29 is 4.79 Å². The molecule has 2 nitrogen and oxygen atoms in total. The fourth-order valence-electron chi connectivity index (χ4n) is 2.25. The Hall–Kier alpha value is -0.830. The van der Waals surface area contributed by atoms with Gasteiger partial charge in [-0.2, -0.15) is 0 Å². The van der Waals surface area contributed by atoms with Crippen LogP contribution in [0.25, 0.3) is 0 Å². The standard InChI is InChI=1S/C12H14BrNO/c1-4-12(2)10-8(13)6-5-7-9(10)14(3)11(12)15/h5-7H,4H2,1-3H3/t12-/m1/s1. The number of rotatable bonds is 1. The molecule has 80 valence electrons. The Labute approximate surface area is 98.4 Å². The van der Waals surface area contributed by atoms with Gasteiger partial charge in [0, 0.05) is 22.8 Å². The van der Waals surface area contributed by atoms with Gasteiger partial charge in [0.1, 0.15) is 0 Å².